The fraction of sp³-hybridized carbons (Fsp3) is 0.800. The third-order valence-corrected chi connectivity index (χ3v) is 1.95. The average Bonchev–Trinajstić information content (AvgIpc) is 1.84. The Bertz CT molecular complexity index is 99.1. The van der Waals surface area contributed by atoms with Gasteiger partial charge in [0.05, 0.1) is 6.07 Å². The standard InChI is InChI=1S/C5H9NOS/c1-4(8-2)5(7)3-6/h4-5,7H,1-2H3. The number of rotatable bonds is 2. The molecule has 0 fully saturated rings. The van der Waals surface area contributed by atoms with Crippen LogP contribution in [0.2, 0.25) is 0 Å². The molecule has 0 heterocycles. The van der Waals surface area contributed by atoms with E-state index in [9.17, 15) is 0 Å². The molecule has 2 unspecified atom stereocenters. The third kappa shape index (κ3) is 2.20. The van der Waals surface area contributed by atoms with Crippen molar-refractivity contribution in [1.82, 2.24) is 0 Å². The topological polar surface area (TPSA) is 44.0 Å². The molecule has 0 saturated carbocycles. The molecule has 0 amide bonds. The molecule has 0 rings (SSSR count). The van der Waals surface area contributed by atoms with Crippen LogP contribution in [-0.4, -0.2) is 22.7 Å². The lowest BCUT2D eigenvalue weighted by atomic mass is 10.3. The molecule has 0 aliphatic carbocycles. The Kier molecular flexibility index (Phi) is 3.67. The molecule has 8 heavy (non-hydrogen) atoms. The third-order valence-electron chi connectivity index (χ3n) is 0.949. The van der Waals surface area contributed by atoms with E-state index in [1.54, 1.807) is 6.07 Å². The highest BCUT2D eigenvalue weighted by atomic mass is 32.2. The van der Waals surface area contributed by atoms with Crippen molar-refractivity contribution in [2.75, 3.05) is 6.26 Å². The second-order valence-electron chi connectivity index (χ2n) is 1.51. The van der Waals surface area contributed by atoms with E-state index in [0.29, 0.717) is 0 Å². The second-order valence-corrected chi connectivity index (χ2v) is 2.73. The maximum atomic E-state index is 8.74. The normalized spacial score (nSPS) is 16.8. The molecule has 2 atom stereocenters. The molecule has 0 bridgehead atoms. The van der Waals surface area contributed by atoms with Crippen LogP contribution >= 0.6 is 11.8 Å². The predicted molar refractivity (Wildman–Crippen MR) is 34.6 cm³/mol. The zero-order valence-corrected chi connectivity index (χ0v) is 5.77. The summed E-state index contributed by atoms with van der Waals surface area (Å²) in [6.07, 6.45) is 1.05. The summed E-state index contributed by atoms with van der Waals surface area (Å²) in [4.78, 5) is 0. The lowest BCUT2D eigenvalue weighted by molar-refractivity contribution is 0.232. The fourth-order valence-electron chi connectivity index (χ4n) is 0.234. The fourth-order valence-corrected chi connectivity index (χ4v) is 0.553. The van der Waals surface area contributed by atoms with Gasteiger partial charge < -0.3 is 5.11 Å². The monoisotopic (exact) mass is 131 g/mol. The summed E-state index contributed by atoms with van der Waals surface area (Å²) in [5.41, 5.74) is 0. The molecule has 0 radical (unpaired) electrons. The Morgan fingerprint density at radius 3 is 2.38 bits per heavy atom. The molecular weight excluding hydrogens is 122 g/mol. The van der Waals surface area contributed by atoms with Crippen LogP contribution in [0.5, 0.6) is 0 Å². The first-order chi connectivity index (χ1) is 3.72. The smallest absolute Gasteiger partial charge is 0.151 e. The molecule has 0 aliphatic heterocycles. The maximum absolute atomic E-state index is 8.74. The highest BCUT2D eigenvalue weighted by molar-refractivity contribution is 7.99. The second kappa shape index (κ2) is 3.76. The Labute approximate surface area is 53.5 Å². The summed E-state index contributed by atoms with van der Waals surface area (Å²) in [6, 6.07) is 1.75. The Balaban J connectivity index is 3.49. The number of hydrogen-bond acceptors (Lipinski definition) is 3. The minimum Gasteiger partial charge on any atom is -0.377 e. The van der Waals surface area contributed by atoms with Crippen LogP contribution in [0.15, 0.2) is 0 Å². The van der Waals surface area contributed by atoms with Gasteiger partial charge >= 0.3 is 0 Å². The van der Waals surface area contributed by atoms with Gasteiger partial charge in [0.15, 0.2) is 6.10 Å². The Hall–Kier alpha value is -0.200. The van der Waals surface area contributed by atoms with Gasteiger partial charge in [0.2, 0.25) is 0 Å². The summed E-state index contributed by atoms with van der Waals surface area (Å²) in [5.74, 6) is 0. The summed E-state index contributed by atoms with van der Waals surface area (Å²) in [5, 5.41) is 16.9. The lowest BCUT2D eigenvalue weighted by Gasteiger charge is -2.06. The van der Waals surface area contributed by atoms with Crippen LogP contribution in [0.4, 0.5) is 0 Å². The number of aliphatic hydroxyl groups is 1. The molecule has 1 N–H and O–H groups in total. The SMILES string of the molecule is CSC(C)C(O)C#N. The van der Waals surface area contributed by atoms with E-state index in [1.165, 1.54) is 11.8 Å². The largest absolute Gasteiger partial charge is 0.377 e. The van der Waals surface area contributed by atoms with E-state index < -0.39 is 6.10 Å². The minimum absolute atomic E-state index is 0.0278. The van der Waals surface area contributed by atoms with E-state index >= 15 is 0 Å². The van der Waals surface area contributed by atoms with E-state index in [1.807, 2.05) is 13.2 Å². The van der Waals surface area contributed by atoms with Gasteiger partial charge in [-0.25, -0.2) is 0 Å². The molecule has 0 saturated heterocycles. The number of thioether (sulfide) groups is 1. The predicted octanol–water partition coefficient (Wildman–Crippen LogP) is 0.622. The van der Waals surface area contributed by atoms with Crippen molar-refractivity contribution in [3.8, 4) is 6.07 Å². The minimum atomic E-state index is -0.815. The van der Waals surface area contributed by atoms with E-state index in [2.05, 4.69) is 0 Å². The van der Waals surface area contributed by atoms with Gasteiger partial charge in [0, 0.05) is 5.25 Å². The van der Waals surface area contributed by atoms with Crippen LogP contribution in [0.3, 0.4) is 0 Å². The van der Waals surface area contributed by atoms with Crippen molar-refractivity contribution in [2.45, 2.75) is 18.3 Å². The van der Waals surface area contributed by atoms with Crippen molar-refractivity contribution in [3.05, 3.63) is 0 Å². The van der Waals surface area contributed by atoms with Gasteiger partial charge in [-0.1, -0.05) is 0 Å². The molecule has 0 aromatic rings. The van der Waals surface area contributed by atoms with Crippen molar-refractivity contribution < 1.29 is 5.11 Å². The first-order valence-corrected chi connectivity index (χ1v) is 3.61. The summed E-state index contributed by atoms with van der Waals surface area (Å²) in [6.45, 7) is 1.82. The van der Waals surface area contributed by atoms with E-state index in [0.717, 1.165) is 0 Å². The first-order valence-electron chi connectivity index (χ1n) is 2.33. The molecule has 0 spiro atoms. The van der Waals surface area contributed by atoms with Gasteiger partial charge in [0.1, 0.15) is 0 Å². The Morgan fingerprint density at radius 1 is 1.75 bits per heavy atom. The average molecular weight is 131 g/mol. The zero-order chi connectivity index (χ0) is 6.57. The van der Waals surface area contributed by atoms with Crippen molar-refractivity contribution >= 4 is 11.8 Å². The Morgan fingerprint density at radius 2 is 2.25 bits per heavy atom. The quantitative estimate of drug-likeness (QED) is 0.559. The summed E-state index contributed by atoms with van der Waals surface area (Å²) >= 11 is 1.48. The highest BCUT2D eigenvalue weighted by Gasteiger charge is 2.09. The molecule has 2 nitrogen and oxygen atoms in total. The van der Waals surface area contributed by atoms with Gasteiger partial charge in [-0.2, -0.15) is 17.0 Å². The van der Waals surface area contributed by atoms with E-state index in [-0.39, 0.29) is 5.25 Å². The maximum Gasteiger partial charge on any atom is 0.151 e. The number of hydrogen-bond donors (Lipinski definition) is 1. The van der Waals surface area contributed by atoms with Crippen molar-refractivity contribution in [2.24, 2.45) is 0 Å². The number of nitriles is 1. The van der Waals surface area contributed by atoms with Crippen LogP contribution in [0.25, 0.3) is 0 Å². The van der Waals surface area contributed by atoms with Crippen molar-refractivity contribution in [3.63, 3.8) is 0 Å². The molecular formula is C5H9NOS. The van der Waals surface area contributed by atoms with Gasteiger partial charge in [0.25, 0.3) is 0 Å². The number of nitrogens with zero attached hydrogens (tertiary/aromatic N) is 1. The zero-order valence-electron chi connectivity index (χ0n) is 4.96. The van der Waals surface area contributed by atoms with Crippen LogP contribution < -0.4 is 0 Å². The molecule has 0 aliphatic rings. The van der Waals surface area contributed by atoms with Gasteiger partial charge in [-0.15, -0.1) is 0 Å². The highest BCUT2D eigenvalue weighted by Crippen LogP contribution is 2.08. The van der Waals surface area contributed by atoms with Crippen molar-refractivity contribution in [1.29, 1.82) is 5.26 Å². The molecule has 0 aromatic heterocycles. The molecule has 46 valence electrons. The van der Waals surface area contributed by atoms with Crippen LogP contribution in [0, 0.1) is 11.3 Å². The van der Waals surface area contributed by atoms with Gasteiger partial charge in [-0.3, -0.25) is 0 Å². The summed E-state index contributed by atoms with van der Waals surface area (Å²) in [7, 11) is 0. The molecule has 0 aromatic carbocycles. The van der Waals surface area contributed by atoms with Gasteiger partial charge in [-0.05, 0) is 13.2 Å². The molecule has 3 heteroatoms. The lowest BCUT2D eigenvalue weighted by Crippen LogP contribution is -2.16. The summed E-state index contributed by atoms with van der Waals surface area (Å²) < 4.78 is 0. The number of aliphatic hydroxyl groups excluding tert-OH is 1. The van der Waals surface area contributed by atoms with Crippen LogP contribution in [0.1, 0.15) is 6.92 Å². The van der Waals surface area contributed by atoms with E-state index in [4.69, 9.17) is 10.4 Å². The van der Waals surface area contributed by atoms with Crippen LogP contribution in [-0.2, 0) is 0 Å². The first kappa shape index (κ1) is 7.80.